The van der Waals surface area contributed by atoms with Gasteiger partial charge in [0.05, 0.1) is 16.2 Å². The molecule has 196 valence electrons. The predicted molar refractivity (Wildman–Crippen MR) is 138 cm³/mol. The number of anilines is 2. The Balaban J connectivity index is 1.36. The summed E-state index contributed by atoms with van der Waals surface area (Å²) in [5, 5.41) is 4.22. The Morgan fingerprint density at radius 3 is 1.78 bits per heavy atom. The van der Waals surface area contributed by atoms with Crippen molar-refractivity contribution in [3.05, 3.63) is 48.5 Å². The molecule has 0 aliphatic heterocycles. The maximum atomic E-state index is 12.7. The predicted octanol–water partition coefficient (Wildman–Crippen LogP) is 5.41. The fraction of sp³-hybridized carbons (Fsp3) is 0.480. The van der Waals surface area contributed by atoms with Crippen LogP contribution in [0.25, 0.3) is 0 Å². The smallest absolute Gasteiger partial charge is 0.323 e. The monoisotopic (exact) mass is 536 g/mol. The van der Waals surface area contributed by atoms with Gasteiger partial charge in [0.1, 0.15) is 5.75 Å². The van der Waals surface area contributed by atoms with Crippen molar-refractivity contribution in [1.82, 2.24) is 0 Å². The van der Waals surface area contributed by atoms with Crippen LogP contribution in [0.2, 0.25) is 0 Å². The highest BCUT2D eigenvalue weighted by atomic mass is 32.2. The molecular formula is C25H32N2O7S2. The summed E-state index contributed by atoms with van der Waals surface area (Å²) in [6, 6.07) is 11.7. The van der Waals surface area contributed by atoms with Crippen molar-refractivity contribution in [3.8, 4) is 11.5 Å². The summed E-state index contributed by atoms with van der Waals surface area (Å²) in [7, 11) is -7.52. The molecule has 2 saturated carbocycles. The minimum absolute atomic E-state index is 0.0508. The zero-order valence-electron chi connectivity index (χ0n) is 20.0. The van der Waals surface area contributed by atoms with Crippen LogP contribution in [0.5, 0.6) is 11.5 Å². The number of para-hydroxylation sites is 2. The van der Waals surface area contributed by atoms with E-state index in [-0.39, 0.29) is 17.2 Å². The third-order valence-electron chi connectivity index (χ3n) is 6.59. The summed E-state index contributed by atoms with van der Waals surface area (Å²) in [6.07, 6.45) is 7.88. The number of rotatable bonds is 8. The molecule has 4 rings (SSSR count). The molecule has 0 aromatic heterocycles. The van der Waals surface area contributed by atoms with Gasteiger partial charge < -0.3 is 19.0 Å². The Bertz CT molecular complexity index is 1250. The quantitative estimate of drug-likeness (QED) is 0.432. The van der Waals surface area contributed by atoms with Crippen molar-refractivity contribution >= 4 is 37.6 Å². The van der Waals surface area contributed by atoms with Crippen LogP contribution in [0.15, 0.2) is 48.5 Å². The number of hydrogen-bond acceptors (Lipinski definition) is 7. The number of carbonyl (C=O) groups is 1. The molecule has 9 nitrogen and oxygen atoms in total. The summed E-state index contributed by atoms with van der Waals surface area (Å²) in [5.41, 5.74) is 0.621. The second-order valence-electron chi connectivity index (χ2n) is 9.27. The molecule has 2 aliphatic rings. The van der Waals surface area contributed by atoms with E-state index in [9.17, 15) is 21.6 Å². The number of carbonyl (C=O) groups excluding carboxylic acids is 1. The van der Waals surface area contributed by atoms with Gasteiger partial charge in [-0.05, 0) is 62.1 Å². The molecule has 0 radical (unpaired) electrons. The van der Waals surface area contributed by atoms with E-state index in [1.165, 1.54) is 30.3 Å². The maximum Gasteiger partial charge on any atom is 0.323 e. The Labute approximate surface area is 212 Å². The van der Waals surface area contributed by atoms with E-state index in [0.29, 0.717) is 31.4 Å². The molecule has 2 aromatic rings. The lowest BCUT2D eigenvalue weighted by Crippen LogP contribution is -2.28. The van der Waals surface area contributed by atoms with Gasteiger partial charge in [-0.2, -0.15) is 16.8 Å². The highest BCUT2D eigenvalue weighted by Gasteiger charge is 2.30. The Hall–Kier alpha value is -2.79. The topological polar surface area (TPSA) is 128 Å². The number of nitrogens with one attached hydrogen (secondary N) is 2. The van der Waals surface area contributed by atoms with Crippen LogP contribution in [-0.2, 0) is 20.2 Å². The summed E-state index contributed by atoms with van der Waals surface area (Å²) in [4.78, 5) is 12.6. The van der Waals surface area contributed by atoms with E-state index in [0.717, 1.165) is 38.5 Å². The van der Waals surface area contributed by atoms with Gasteiger partial charge in [0, 0.05) is 5.69 Å². The molecule has 2 N–H and O–H groups in total. The Morgan fingerprint density at radius 2 is 1.19 bits per heavy atom. The molecule has 0 bridgehead atoms. The van der Waals surface area contributed by atoms with E-state index in [1.54, 1.807) is 18.2 Å². The van der Waals surface area contributed by atoms with Crippen molar-refractivity contribution in [2.45, 2.75) is 74.7 Å². The Morgan fingerprint density at radius 1 is 0.667 bits per heavy atom. The van der Waals surface area contributed by atoms with Crippen molar-refractivity contribution < 1.29 is 30.0 Å². The van der Waals surface area contributed by atoms with Crippen LogP contribution < -0.4 is 19.0 Å². The number of hydrogen-bond donors (Lipinski definition) is 2. The van der Waals surface area contributed by atoms with Crippen molar-refractivity contribution in [3.63, 3.8) is 0 Å². The minimum Gasteiger partial charge on any atom is -0.382 e. The largest absolute Gasteiger partial charge is 0.382 e. The highest BCUT2D eigenvalue weighted by molar-refractivity contribution is 7.88. The zero-order valence-corrected chi connectivity index (χ0v) is 21.7. The molecule has 0 unspecified atom stereocenters. The van der Waals surface area contributed by atoms with Gasteiger partial charge in [0.25, 0.3) is 0 Å². The normalized spacial score (nSPS) is 17.8. The van der Waals surface area contributed by atoms with Crippen molar-refractivity contribution in [2.75, 3.05) is 10.6 Å². The fourth-order valence-corrected chi connectivity index (χ4v) is 7.49. The summed E-state index contributed by atoms with van der Waals surface area (Å²) in [5.74, 6) is 0.230. The second kappa shape index (κ2) is 11.5. The van der Waals surface area contributed by atoms with E-state index in [2.05, 4.69) is 10.6 Å². The van der Waals surface area contributed by atoms with Gasteiger partial charge in [0.2, 0.25) is 0 Å². The SMILES string of the molecule is O=C(Nc1ccc(OS(=O)(=O)C2CCCCC2)cc1)Nc1ccccc1OS(=O)(=O)C1CCCCC1. The maximum absolute atomic E-state index is 12.7. The molecule has 36 heavy (non-hydrogen) atoms. The Kier molecular flexibility index (Phi) is 8.40. The molecule has 0 atom stereocenters. The molecule has 11 heteroatoms. The van der Waals surface area contributed by atoms with Crippen molar-refractivity contribution in [1.29, 1.82) is 0 Å². The van der Waals surface area contributed by atoms with Crippen LogP contribution in [-0.4, -0.2) is 33.4 Å². The second-order valence-corrected chi connectivity index (χ2v) is 12.9. The molecule has 2 aromatic carbocycles. The number of urea groups is 1. The van der Waals surface area contributed by atoms with Gasteiger partial charge in [-0.25, -0.2) is 4.79 Å². The first-order valence-corrected chi connectivity index (χ1v) is 15.3. The first-order chi connectivity index (χ1) is 17.2. The first-order valence-electron chi connectivity index (χ1n) is 12.4. The standard InChI is InChI=1S/C25H32N2O7S2/c28-25(26-19-15-17-20(18-16-19)33-35(29,30)21-9-3-1-4-10-21)27-23-13-7-8-14-24(23)34-36(31,32)22-11-5-2-6-12-22/h7-8,13-18,21-22H,1-6,9-12H2,(H2,26,27,28). The minimum atomic E-state index is -3.82. The van der Waals surface area contributed by atoms with Crippen molar-refractivity contribution in [2.24, 2.45) is 0 Å². The third kappa shape index (κ3) is 6.91. The average Bonchev–Trinajstić information content (AvgIpc) is 2.87. The van der Waals surface area contributed by atoms with Crippen LogP contribution in [0.3, 0.4) is 0 Å². The molecule has 0 heterocycles. The van der Waals surface area contributed by atoms with Gasteiger partial charge >= 0.3 is 26.3 Å². The molecule has 2 amide bonds. The van der Waals surface area contributed by atoms with E-state index in [4.69, 9.17) is 8.37 Å². The average molecular weight is 537 g/mol. The fourth-order valence-electron chi connectivity index (χ4n) is 4.62. The van der Waals surface area contributed by atoms with E-state index < -0.39 is 36.8 Å². The van der Waals surface area contributed by atoms with Gasteiger partial charge in [-0.15, -0.1) is 0 Å². The van der Waals surface area contributed by atoms with Gasteiger partial charge in [-0.3, -0.25) is 0 Å². The third-order valence-corrected chi connectivity index (χ3v) is 10.00. The van der Waals surface area contributed by atoms with E-state index >= 15 is 0 Å². The summed E-state index contributed by atoms with van der Waals surface area (Å²) >= 11 is 0. The van der Waals surface area contributed by atoms with Gasteiger partial charge in [-0.1, -0.05) is 50.7 Å². The molecule has 0 spiro atoms. The van der Waals surface area contributed by atoms with Crippen LogP contribution in [0.1, 0.15) is 64.2 Å². The lowest BCUT2D eigenvalue weighted by molar-refractivity contribution is 0.262. The highest BCUT2D eigenvalue weighted by Crippen LogP contribution is 2.31. The molecule has 2 fully saturated rings. The summed E-state index contributed by atoms with van der Waals surface area (Å²) in [6.45, 7) is 0. The first kappa shape index (κ1) is 26.3. The zero-order chi connectivity index (χ0) is 25.6. The van der Waals surface area contributed by atoms with Crippen LogP contribution >= 0.6 is 0 Å². The number of amides is 2. The number of benzene rings is 2. The van der Waals surface area contributed by atoms with E-state index in [1.807, 2.05) is 0 Å². The summed E-state index contributed by atoms with van der Waals surface area (Å²) < 4.78 is 61.1. The molecule has 0 saturated heterocycles. The lowest BCUT2D eigenvalue weighted by Gasteiger charge is -2.22. The molecule has 2 aliphatic carbocycles. The molecular weight excluding hydrogens is 504 g/mol. The lowest BCUT2D eigenvalue weighted by atomic mass is 10.0. The van der Waals surface area contributed by atoms with Gasteiger partial charge in [0.15, 0.2) is 5.75 Å². The van der Waals surface area contributed by atoms with Crippen LogP contribution in [0, 0.1) is 0 Å². The van der Waals surface area contributed by atoms with Crippen LogP contribution in [0.4, 0.5) is 16.2 Å².